The molecule has 1 heterocycles. The zero-order chi connectivity index (χ0) is 31.0. The summed E-state index contributed by atoms with van der Waals surface area (Å²) >= 11 is 0. The van der Waals surface area contributed by atoms with Crippen LogP contribution in [-0.2, 0) is 4.74 Å². The van der Waals surface area contributed by atoms with E-state index in [4.69, 9.17) is 13.9 Å². The van der Waals surface area contributed by atoms with E-state index in [1.54, 1.807) is 0 Å². The van der Waals surface area contributed by atoms with Crippen LogP contribution < -0.4 is 15.2 Å². The number of aromatic nitrogens is 2. The highest BCUT2D eigenvalue weighted by atomic mass is 19.4. The zero-order valence-electron chi connectivity index (χ0n) is 26.1. The molecule has 0 saturated heterocycles. The highest BCUT2D eigenvalue weighted by Gasteiger charge is 2.31. The van der Waals surface area contributed by atoms with Crippen molar-refractivity contribution >= 4 is 0 Å². The molecule has 1 aromatic heterocycles. The summed E-state index contributed by atoms with van der Waals surface area (Å²) in [5, 5.41) is 3.91. The lowest BCUT2D eigenvalue weighted by atomic mass is 10.0. The summed E-state index contributed by atoms with van der Waals surface area (Å²) in [6.07, 6.45) is 22.0. The number of nitrogens with zero attached hydrogens (tertiary/aromatic N) is 2. The molecule has 0 saturated carbocycles. The zero-order valence-corrected chi connectivity index (χ0v) is 26.1. The van der Waals surface area contributed by atoms with E-state index >= 15 is 0 Å². The SMILES string of the molecule is CCCCCCCCCCCCCCCCCCCCCCOCCOc1nn(-c2ccc(OC(F)(F)F)cc2)c(=O)o1. The minimum absolute atomic E-state index is 0.164. The van der Waals surface area contributed by atoms with Crippen molar-refractivity contribution in [1.29, 1.82) is 0 Å². The molecule has 2 aromatic rings. The van der Waals surface area contributed by atoms with Crippen molar-refractivity contribution in [3.05, 3.63) is 34.8 Å². The van der Waals surface area contributed by atoms with Crippen LogP contribution in [0.4, 0.5) is 13.2 Å². The number of hydrogen-bond donors (Lipinski definition) is 0. The Balaban J connectivity index is 1.35. The summed E-state index contributed by atoms with van der Waals surface area (Å²) in [5.74, 6) is -1.22. The van der Waals surface area contributed by atoms with Crippen LogP contribution in [0.25, 0.3) is 5.69 Å². The second-order valence-electron chi connectivity index (χ2n) is 11.3. The van der Waals surface area contributed by atoms with Gasteiger partial charge in [-0.15, -0.1) is 13.2 Å². The Morgan fingerprint density at radius 3 is 1.60 bits per heavy atom. The largest absolute Gasteiger partial charge is 0.573 e. The van der Waals surface area contributed by atoms with Gasteiger partial charge in [0.1, 0.15) is 12.4 Å². The maximum absolute atomic E-state index is 12.3. The lowest BCUT2D eigenvalue weighted by Crippen LogP contribution is -2.17. The molecule has 0 aliphatic carbocycles. The van der Waals surface area contributed by atoms with Crippen LogP contribution >= 0.6 is 0 Å². The second-order valence-corrected chi connectivity index (χ2v) is 11.3. The molecule has 43 heavy (non-hydrogen) atoms. The van der Waals surface area contributed by atoms with Crippen molar-refractivity contribution in [2.75, 3.05) is 19.8 Å². The first-order valence-corrected chi connectivity index (χ1v) is 16.6. The first-order chi connectivity index (χ1) is 20.9. The van der Waals surface area contributed by atoms with Gasteiger partial charge in [0.05, 0.1) is 12.3 Å². The first-order valence-electron chi connectivity index (χ1n) is 16.6. The Hall–Kier alpha value is -2.49. The predicted octanol–water partition coefficient (Wildman–Crippen LogP) is 9.94. The molecule has 10 heteroatoms. The van der Waals surface area contributed by atoms with E-state index in [2.05, 4.69) is 16.8 Å². The van der Waals surface area contributed by atoms with Crippen LogP contribution in [0.1, 0.15) is 135 Å². The summed E-state index contributed by atoms with van der Waals surface area (Å²) in [4.78, 5) is 12.0. The van der Waals surface area contributed by atoms with Gasteiger partial charge in [-0.25, -0.2) is 4.79 Å². The summed E-state index contributed by atoms with van der Waals surface area (Å²) in [6.45, 7) is 3.42. The molecular formula is C33H53F3N2O5. The van der Waals surface area contributed by atoms with Gasteiger partial charge in [-0.2, -0.15) is 4.68 Å². The van der Waals surface area contributed by atoms with E-state index in [1.165, 1.54) is 128 Å². The molecule has 0 spiro atoms. The van der Waals surface area contributed by atoms with Gasteiger partial charge in [0.25, 0.3) is 0 Å². The van der Waals surface area contributed by atoms with Crippen LogP contribution in [0.15, 0.2) is 33.5 Å². The highest BCUT2D eigenvalue weighted by Crippen LogP contribution is 2.23. The average molecular weight is 615 g/mol. The van der Waals surface area contributed by atoms with Crippen LogP contribution in [0.5, 0.6) is 11.8 Å². The maximum Gasteiger partial charge on any atom is 0.573 e. The molecule has 2 rings (SSSR count). The molecule has 246 valence electrons. The fraction of sp³-hybridized carbons (Fsp3) is 0.758. The Bertz CT molecular complexity index is 992. The normalized spacial score (nSPS) is 11.7. The van der Waals surface area contributed by atoms with Crippen LogP contribution in [-0.4, -0.2) is 36.0 Å². The van der Waals surface area contributed by atoms with E-state index < -0.39 is 17.9 Å². The molecule has 0 amide bonds. The van der Waals surface area contributed by atoms with Crippen LogP contribution in [0, 0.1) is 0 Å². The average Bonchev–Trinajstić information content (AvgIpc) is 3.35. The van der Waals surface area contributed by atoms with Crippen molar-refractivity contribution in [3.8, 4) is 17.5 Å². The van der Waals surface area contributed by atoms with Crippen molar-refractivity contribution in [3.63, 3.8) is 0 Å². The van der Waals surface area contributed by atoms with Gasteiger partial charge in [0, 0.05) is 6.61 Å². The van der Waals surface area contributed by atoms with Gasteiger partial charge in [0.2, 0.25) is 0 Å². The Kier molecular flexibility index (Phi) is 19.6. The standard InChI is InChI=1S/C33H53F3N2O5/c1-2-3-4-5-6-7-8-9-10-11-12-13-14-15-16-17-18-19-20-21-26-40-27-28-41-31-37-38(32(39)42-31)29-22-24-30(25-23-29)43-33(34,35)36/h22-25H,2-21,26-28H2,1H3. The quantitative estimate of drug-likeness (QED) is 0.0933. The van der Waals surface area contributed by atoms with Gasteiger partial charge in [-0.1, -0.05) is 134 Å². The van der Waals surface area contributed by atoms with Gasteiger partial charge < -0.3 is 18.6 Å². The number of unbranched alkanes of at least 4 members (excludes halogenated alkanes) is 19. The minimum Gasteiger partial charge on any atom is -0.447 e. The molecule has 0 atom stereocenters. The molecule has 1 aromatic carbocycles. The molecule has 0 N–H and O–H groups in total. The van der Waals surface area contributed by atoms with Gasteiger partial charge in [0.15, 0.2) is 0 Å². The van der Waals surface area contributed by atoms with E-state index in [0.29, 0.717) is 13.2 Å². The number of ether oxygens (including phenoxy) is 3. The van der Waals surface area contributed by atoms with Crippen molar-refractivity contribution in [2.24, 2.45) is 0 Å². The molecule has 0 fully saturated rings. The number of halogens is 3. The Morgan fingerprint density at radius 1 is 0.674 bits per heavy atom. The van der Waals surface area contributed by atoms with Gasteiger partial charge in [-0.05, 0) is 30.7 Å². The summed E-state index contributed by atoms with van der Waals surface area (Å²) in [5.41, 5.74) is 0.217. The predicted molar refractivity (Wildman–Crippen MR) is 163 cm³/mol. The number of hydrogen-bond acceptors (Lipinski definition) is 6. The van der Waals surface area contributed by atoms with Crippen LogP contribution in [0.2, 0.25) is 0 Å². The topological polar surface area (TPSA) is 75.7 Å². The van der Waals surface area contributed by atoms with Crippen molar-refractivity contribution in [2.45, 2.75) is 142 Å². The first kappa shape index (κ1) is 36.7. The number of alkyl halides is 3. The van der Waals surface area contributed by atoms with Gasteiger partial charge in [-0.3, -0.25) is 0 Å². The third-order valence-corrected chi connectivity index (χ3v) is 7.44. The van der Waals surface area contributed by atoms with E-state index in [1.807, 2.05) is 0 Å². The van der Waals surface area contributed by atoms with E-state index in [9.17, 15) is 18.0 Å². The summed E-state index contributed by atoms with van der Waals surface area (Å²) < 4.78 is 57.4. The molecular weight excluding hydrogens is 561 g/mol. The lowest BCUT2D eigenvalue weighted by molar-refractivity contribution is -0.274. The lowest BCUT2D eigenvalue weighted by Gasteiger charge is -2.08. The third kappa shape index (κ3) is 18.7. The number of benzene rings is 1. The molecule has 0 aliphatic rings. The maximum atomic E-state index is 12.3. The van der Waals surface area contributed by atoms with Crippen molar-refractivity contribution < 1.29 is 31.8 Å². The second kappa shape index (κ2) is 23.0. The monoisotopic (exact) mass is 614 g/mol. The third-order valence-electron chi connectivity index (χ3n) is 7.44. The summed E-state index contributed by atoms with van der Waals surface area (Å²) in [6, 6.07) is 4.69. The van der Waals surface area contributed by atoms with E-state index in [0.717, 1.165) is 29.7 Å². The fourth-order valence-corrected chi connectivity index (χ4v) is 5.02. The van der Waals surface area contributed by atoms with Crippen LogP contribution in [0.3, 0.4) is 0 Å². The number of rotatable bonds is 27. The Labute approximate surface area is 255 Å². The molecule has 0 bridgehead atoms. The van der Waals surface area contributed by atoms with E-state index in [-0.39, 0.29) is 18.4 Å². The molecule has 0 unspecified atom stereocenters. The fourth-order valence-electron chi connectivity index (χ4n) is 5.02. The Morgan fingerprint density at radius 2 is 1.14 bits per heavy atom. The highest BCUT2D eigenvalue weighted by molar-refractivity contribution is 5.36. The smallest absolute Gasteiger partial charge is 0.447 e. The summed E-state index contributed by atoms with van der Waals surface area (Å²) in [7, 11) is 0. The molecule has 0 radical (unpaired) electrons. The molecule has 0 aliphatic heterocycles. The van der Waals surface area contributed by atoms with Crippen molar-refractivity contribution in [1.82, 2.24) is 9.78 Å². The molecule has 7 nitrogen and oxygen atoms in total. The van der Waals surface area contributed by atoms with Gasteiger partial charge >= 0.3 is 18.2 Å². The minimum atomic E-state index is -4.79.